The molecule has 0 N–H and O–H groups in total. The summed E-state index contributed by atoms with van der Waals surface area (Å²) < 4.78 is 13.1. The highest BCUT2D eigenvalue weighted by molar-refractivity contribution is 6.32. The summed E-state index contributed by atoms with van der Waals surface area (Å²) in [4.78, 5) is 31.0. The highest BCUT2D eigenvalue weighted by Gasteiger charge is 2.43. The van der Waals surface area contributed by atoms with Gasteiger partial charge in [0.05, 0.1) is 18.2 Å². The largest absolute Gasteiger partial charge is 0.369 e. The summed E-state index contributed by atoms with van der Waals surface area (Å²) in [6, 6.07) is 11.2. The van der Waals surface area contributed by atoms with Crippen LogP contribution in [0.25, 0.3) is 0 Å². The van der Waals surface area contributed by atoms with E-state index in [9.17, 15) is 14.0 Å². The quantitative estimate of drug-likeness (QED) is 0.741. The highest BCUT2D eigenvalue weighted by Crippen LogP contribution is 2.30. The number of carbonyl (C=O) groups is 2. The van der Waals surface area contributed by atoms with Gasteiger partial charge in [-0.25, -0.2) is 9.29 Å². The first-order valence-corrected chi connectivity index (χ1v) is 9.69. The first kappa shape index (κ1) is 18.9. The van der Waals surface area contributed by atoms with Gasteiger partial charge in [0.25, 0.3) is 5.91 Å². The SMILES string of the molecule is Cc1ccc(N2C(=O)C[C@@H](N3CCN(c4ccc(F)cc4)CC3)C2=O)cc1Cl. The van der Waals surface area contributed by atoms with Gasteiger partial charge in [-0.05, 0) is 48.9 Å². The van der Waals surface area contributed by atoms with Gasteiger partial charge in [0.1, 0.15) is 5.82 Å². The third-order valence-electron chi connectivity index (χ3n) is 5.48. The molecule has 5 nitrogen and oxygen atoms in total. The first-order chi connectivity index (χ1) is 13.4. The molecule has 2 amide bonds. The van der Waals surface area contributed by atoms with E-state index in [0.717, 1.165) is 24.3 Å². The Morgan fingerprint density at radius 1 is 0.964 bits per heavy atom. The first-order valence-electron chi connectivity index (χ1n) is 9.31. The standard InChI is InChI=1S/C21H21ClFN3O2/c1-14-2-5-17(12-18(14)22)26-20(27)13-19(21(26)28)25-10-8-24(9-11-25)16-6-3-15(23)4-7-16/h2-7,12,19H,8-11,13H2,1H3/t19-/m1/s1. The highest BCUT2D eigenvalue weighted by atomic mass is 35.5. The maximum Gasteiger partial charge on any atom is 0.251 e. The number of aryl methyl sites for hydroxylation is 1. The Kier molecular flexibility index (Phi) is 5.08. The fourth-order valence-corrected chi connectivity index (χ4v) is 4.01. The topological polar surface area (TPSA) is 43.9 Å². The van der Waals surface area contributed by atoms with Crippen molar-refractivity contribution in [1.82, 2.24) is 4.90 Å². The number of halogens is 2. The van der Waals surface area contributed by atoms with Gasteiger partial charge in [-0.1, -0.05) is 17.7 Å². The van der Waals surface area contributed by atoms with Gasteiger partial charge >= 0.3 is 0 Å². The Morgan fingerprint density at radius 2 is 1.61 bits per heavy atom. The van der Waals surface area contributed by atoms with Gasteiger partial charge in [-0.2, -0.15) is 0 Å². The monoisotopic (exact) mass is 401 g/mol. The molecule has 0 saturated carbocycles. The molecule has 2 heterocycles. The van der Waals surface area contributed by atoms with Crippen LogP contribution in [0.2, 0.25) is 5.02 Å². The number of piperazine rings is 1. The van der Waals surface area contributed by atoms with Crippen LogP contribution in [0.1, 0.15) is 12.0 Å². The van der Waals surface area contributed by atoms with E-state index in [2.05, 4.69) is 9.80 Å². The van der Waals surface area contributed by atoms with Gasteiger partial charge in [0.2, 0.25) is 5.91 Å². The second-order valence-electron chi connectivity index (χ2n) is 7.22. The molecular formula is C21H21ClFN3O2. The molecule has 0 aromatic heterocycles. The number of anilines is 2. The second-order valence-corrected chi connectivity index (χ2v) is 7.63. The summed E-state index contributed by atoms with van der Waals surface area (Å²) >= 11 is 6.17. The molecule has 0 unspecified atom stereocenters. The van der Waals surface area contributed by atoms with E-state index in [4.69, 9.17) is 11.6 Å². The van der Waals surface area contributed by atoms with Crippen LogP contribution in [0.15, 0.2) is 42.5 Å². The Bertz CT molecular complexity index is 910. The number of imide groups is 1. The average Bonchev–Trinajstić information content (AvgIpc) is 2.99. The lowest BCUT2D eigenvalue weighted by atomic mass is 10.1. The predicted octanol–water partition coefficient (Wildman–Crippen LogP) is 3.24. The molecule has 2 aliphatic heterocycles. The summed E-state index contributed by atoms with van der Waals surface area (Å²) in [6.07, 6.45) is 0.181. The minimum Gasteiger partial charge on any atom is -0.369 e. The average molecular weight is 402 g/mol. The molecule has 0 aliphatic carbocycles. The molecule has 2 saturated heterocycles. The molecule has 28 heavy (non-hydrogen) atoms. The molecule has 2 aromatic carbocycles. The lowest BCUT2D eigenvalue weighted by Gasteiger charge is -2.38. The van der Waals surface area contributed by atoms with Crippen LogP contribution in [0.4, 0.5) is 15.8 Å². The van der Waals surface area contributed by atoms with Crippen molar-refractivity contribution in [1.29, 1.82) is 0 Å². The van der Waals surface area contributed by atoms with E-state index >= 15 is 0 Å². The van der Waals surface area contributed by atoms with Crippen molar-refractivity contribution in [2.45, 2.75) is 19.4 Å². The zero-order chi connectivity index (χ0) is 19.8. The van der Waals surface area contributed by atoms with Crippen LogP contribution in [0.5, 0.6) is 0 Å². The third-order valence-corrected chi connectivity index (χ3v) is 5.89. The zero-order valence-electron chi connectivity index (χ0n) is 15.6. The maximum absolute atomic E-state index is 13.1. The molecule has 7 heteroatoms. The molecular weight excluding hydrogens is 381 g/mol. The maximum atomic E-state index is 13.1. The molecule has 2 aliphatic rings. The van der Waals surface area contributed by atoms with E-state index < -0.39 is 6.04 Å². The van der Waals surface area contributed by atoms with Crippen molar-refractivity contribution in [3.63, 3.8) is 0 Å². The molecule has 0 radical (unpaired) electrons. The van der Waals surface area contributed by atoms with Crippen molar-refractivity contribution < 1.29 is 14.0 Å². The summed E-state index contributed by atoms with van der Waals surface area (Å²) in [6.45, 7) is 4.66. The number of nitrogens with zero attached hydrogens (tertiary/aromatic N) is 3. The van der Waals surface area contributed by atoms with Gasteiger partial charge in [0.15, 0.2) is 0 Å². The zero-order valence-corrected chi connectivity index (χ0v) is 16.3. The molecule has 0 bridgehead atoms. The number of hydrogen-bond donors (Lipinski definition) is 0. The van der Waals surface area contributed by atoms with Gasteiger partial charge < -0.3 is 4.90 Å². The molecule has 4 rings (SSSR count). The van der Waals surface area contributed by atoms with Crippen LogP contribution in [0.3, 0.4) is 0 Å². The van der Waals surface area contributed by atoms with Crippen molar-refractivity contribution in [2.75, 3.05) is 36.0 Å². The van der Waals surface area contributed by atoms with Crippen molar-refractivity contribution in [2.24, 2.45) is 0 Å². The fourth-order valence-electron chi connectivity index (χ4n) is 3.84. The van der Waals surface area contributed by atoms with Crippen LogP contribution in [-0.4, -0.2) is 48.9 Å². The van der Waals surface area contributed by atoms with Crippen molar-refractivity contribution >= 4 is 34.8 Å². The number of amides is 2. The minimum atomic E-state index is -0.442. The summed E-state index contributed by atoms with van der Waals surface area (Å²) in [5.41, 5.74) is 2.39. The molecule has 2 aromatic rings. The van der Waals surface area contributed by atoms with E-state index in [-0.39, 0.29) is 24.1 Å². The molecule has 2 fully saturated rings. The van der Waals surface area contributed by atoms with Crippen molar-refractivity contribution in [3.05, 3.63) is 58.9 Å². The Balaban J connectivity index is 1.44. The van der Waals surface area contributed by atoms with Crippen LogP contribution < -0.4 is 9.80 Å². The summed E-state index contributed by atoms with van der Waals surface area (Å²) in [7, 11) is 0. The number of rotatable bonds is 3. The van der Waals surface area contributed by atoms with E-state index in [1.165, 1.54) is 17.0 Å². The van der Waals surface area contributed by atoms with Gasteiger partial charge in [-0.15, -0.1) is 0 Å². The summed E-state index contributed by atoms with van der Waals surface area (Å²) in [5.74, 6) is -0.648. The Labute approximate surface area is 168 Å². The van der Waals surface area contributed by atoms with Crippen molar-refractivity contribution in [3.8, 4) is 0 Å². The second kappa shape index (κ2) is 7.53. The third kappa shape index (κ3) is 3.50. The van der Waals surface area contributed by atoms with Gasteiger partial charge in [0, 0.05) is 36.9 Å². The van der Waals surface area contributed by atoms with Gasteiger partial charge in [-0.3, -0.25) is 14.5 Å². The van der Waals surface area contributed by atoms with Crippen LogP contribution in [0, 0.1) is 12.7 Å². The summed E-state index contributed by atoms with van der Waals surface area (Å²) in [5, 5.41) is 0.537. The van der Waals surface area contributed by atoms with Crippen LogP contribution in [-0.2, 0) is 9.59 Å². The number of hydrogen-bond acceptors (Lipinski definition) is 4. The van der Waals surface area contributed by atoms with E-state index in [1.54, 1.807) is 24.3 Å². The molecule has 146 valence electrons. The normalized spacial score (nSPS) is 20.9. The van der Waals surface area contributed by atoms with E-state index in [0.29, 0.717) is 23.8 Å². The number of carbonyl (C=O) groups excluding carboxylic acids is 2. The Hall–Kier alpha value is -2.44. The molecule has 1 atom stereocenters. The Morgan fingerprint density at radius 3 is 2.25 bits per heavy atom. The molecule has 0 spiro atoms. The van der Waals surface area contributed by atoms with Crippen LogP contribution >= 0.6 is 11.6 Å². The predicted molar refractivity (Wildman–Crippen MR) is 107 cm³/mol. The number of benzene rings is 2. The lowest BCUT2D eigenvalue weighted by molar-refractivity contribution is -0.123. The fraction of sp³-hybridized carbons (Fsp3) is 0.333. The minimum absolute atomic E-state index is 0.181. The smallest absolute Gasteiger partial charge is 0.251 e. The lowest BCUT2D eigenvalue weighted by Crippen LogP contribution is -2.52. The van der Waals surface area contributed by atoms with E-state index in [1.807, 2.05) is 13.0 Å².